The zero-order valence-corrected chi connectivity index (χ0v) is 14.8. The predicted octanol–water partition coefficient (Wildman–Crippen LogP) is 3.39. The van der Waals surface area contributed by atoms with Crippen molar-refractivity contribution in [3.8, 4) is 6.07 Å². The van der Waals surface area contributed by atoms with E-state index in [4.69, 9.17) is 0 Å². The minimum atomic E-state index is -0.304. The molecule has 1 aliphatic carbocycles. The molecule has 0 radical (unpaired) electrons. The highest BCUT2D eigenvalue weighted by Gasteiger charge is 2.53. The Bertz CT molecular complexity index is 779. The van der Waals surface area contributed by atoms with E-state index in [-0.39, 0.29) is 11.5 Å². The van der Waals surface area contributed by atoms with Crippen LogP contribution in [0.1, 0.15) is 32.0 Å². The van der Waals surface area contributed by atoms with E-state index in [0.29, 0.717) is 5.95 Å². The number of aromatic nitrogens is 4. The lowest BCUT2D eigenvalue weighted by Gasteiger charge is -2.08. The second-order valence-electron chi connectivity index (χ2n) is 5.90. The normalized spacial score (nSPS) is 22.5. The molecule has 120 valence electrons. The zero-order chi connectivity index (χ0) is 16.6. The summed E-state index contributed by atoms with van der Waals surface area (Å²) in [7, 11) is 0. The molecule has 0 saturated heterocycles. The van der Waals surface area contributed by atoms with Crippen molar-refractivity contribution in [3.63, 3.8) is 0 Å². The van der Waals surface area contributed by atoms with Crippen molar-refractivity contribution in [2.45, 2.75) is 33.2 Å². The van der Waals surface area contributed by atoms with Crippen molar-refractivity contribution in [2.75, 3.05) is 17.2 Å². The molecular weight excluding hydrogens is 358 g/mol. The van der Waals surface area contributed by atoms with Crippen LogP contribution in [-0.2, 0) is 0 Å². The second kappa shape index (κ2) is 5.81. The topological polar surface area (TPSA) is 91.5 Å². The molecule has 3 rings (SSSR count). The first-order valence-corrected chi connectivity index (χ1v) is 8.26. The first kappa shape index (κ1) is 15.7. The van der Waals surface area contributed by atoms with Crippen LogP contribution in [-0.4, -0.2) is 26.3 Å². The van der Waals surface area contributed by atoms with Gasteiger partial charge in [-0.3, -0.25) is 4.68 Å². The maximum Gasteiger partial charge on any atom is 0.229 e. The molecule has 1 unspecified atom stereocenters. The van der Waals surface area contributed by atoms with E-state index in [1.54, 1.807) is 6.20 Å². The minimum Gasteiger partial charge on any atom is -0.369 e. The molecule has 8 heteroatoms. The van der Waals surface area contributed by atoms with Gasteiger partial charge < -0.3 is 10.6 Å². The van der Waals surface area contributed by atoms with Gasteiger partial charge in [0, 0.05) is 18.9 Å². The Balaban J connectivity index is 1.80. The van der Waals surface area contributed by atoms with Crippen LogP contribution in [0.2, 0.25) is 0 Å². The monoisotopic (exact) mass is 375 g/mol. The fourth-order valence-electron chi connectivity index (χ4n) is 2.45. The number of aryl methyl sites for hydroxylation is 1. The lowest BCUT2D eigenvalue weighted by molar-refractivity contribution is 0.550. The highest BCUT2D eigenvalue weighted by Crippen LogP contribution is 2.55. The Hall–Kier alpha value is -2.14. The molecule has 2 N–H and O–H groups in total. The summed E-state index contributed by atoms with van der Waals surface area (Å²) < 4.78 is 2.69. The van der Waals surface area contributed by atoms with Crippen LogP contribution in [0.5, 0.6) is 0 Å². The molecule has 1 aliphatic rings. The zero-order valence-electron chi connectivity index (χ0n) is 13.3. The van der Waals surface area contributed by atoms with Crippen molar-refractivity contribution in [3.05, 3.63) is 22.6 Å². The molecule has 23 heavy (non-hydrogen) atoms. The SMILES string of the molecule is CCNc1nc(Nc2cn([C@@H]3CC3(C)C#N)nc2C)ncc1Br. The standard InChI is InChI=1S/C15H18BrN7/c1-4-18-13-10(16)6-19-14(21-13)20-11-7-23(22-9(11)2)12-5-15(12,3)8-17/h6-7,12H,4-5H2,1-3H3,(H2,18,19,20,21)/t12-,15?/m1/s1. The third-order valence-corrected chi connectivity index (χ3v) is 4.60. The fourth-order valence-corrected chi connectivity index (χ4v) is 2.78. The number of hydrogen-bond donors (Lipinski definition) is 2. The number of nitrogens with zero attached hydrogens (tertiary/aromatic N) is 5. The van der Waals surface area contributed by atoms with Crippen LogP contribution in [0.3, 0.4) is 0 Å². The van der Waals surface area contributed by atoms with Gasteiger partial charge in [-0.25, -0.2) is 4.98 Å². The van der Waals surface area contributed by atoms with E-state index in [9.17, 15) is 5.26 Å². The molecule has 0 aliphatic heterocycles. The molecule has 2 heterocycles. The van der Waals surface area contributed by atoms with Crippen molar-refractivity contribution in [1.29, 1.82) is 5.26 Å². The molecule has 1 saturated carbocycles. The molecule has 0 amide bonds. The van der Waals surface area contributed by atoms with E-state index >= 15 is 0 Å². The van der Waals surface area contributed by atoms with E-state index in [1.807, 2.05) is 31.6 Å². The van der Waals surface area contributed by atoms with Gasteiger partial charge >= 0.3 is 0 Å². The first-order chi connectivity index (χ1) is 11.0. The van der Waals surface area contributed by atoms with E-state index in [0.717, 1.165) is 34.6 Å². The summed E-state index contributed by atoms with van der Waals surface area (Å²) >= 11 is 3.42. The third-order valence-electron chi connectivity index (χ3n) is 4.02. The van der Waals surface area contributed by atoms with Crippen molar-refractivity contribution >= 4 is 33.4 Å². The maximum atomic E-state index is 9.18. The van der Waals surface area contributed by atoms with Crippen molar-refractivity contribution in [2.24, 2.45) is 5.41 Å². The van der Waals surface area contributed by atoms with Crippen LogP contribution in [0.25, 0.3) is 0 Å². The van der Waals surface area contributed by atoms with Gasteiger partial charge in [0.25, 0.3) is 0 Å². The predicted molar refractivity (Wildman–Crippen MR) is 91.5 cm³/mol. The number of halogens is 1. The lowest BCUT2D eigenvalue weighted by atomic mass is 10.2. The number of rotatable bonds is 5. The first-order valence-electron chi connectivity index (χ1n) is 7.47. The Kier molecular flexibility index (Phi) is 3.98. The van der Waals surface area contributed by atoms with Gasteiger partial charge in [0.15, 0.2) is 0 Å². The summed E-state index contributed by atoms with van der Waals surface area (Å²) in [4.78, 5) is 8.72. The van der Waals surface area contributed by atoms with Crippen LogP contribution in [0.15, 0.2) is 16.9 Å². The number of anilines is 3. The highest BCUT2D eigenvalue weighted by atomic mass is 79.9. The summed E-state index contributed by atoms with van der Waals surface area (Å²) in [5.74, 6) is 1.25. The average Bonchev–Trinajstić information content (AvgIpc) is 3.09. The summed E-state index contributed by atoms with van der Waals surface area (Å²) in [6.07, 6.45) is 4.46. The highest BCUT2D eigenvalue weighted by molar-refractivity contribution is 9.10. The Morgan fingerprint density at radius 3 is 3.00 bits per heavy atom. The average molecular weight is 376 g/mol. The Morgan fingerprint density at radius 1 is 1.57 bits per heavy atom. The summed E-state index contributed by atoms with van der Waals surface area (Å²) in [5, 5.41) is 20.1. The van der Waals surface area contributed by atoms with Crippen LogP contribution in [0, 0.1) is 23.7 Å². The molecule has 1 fully saturated rings. The van der Waals surface area contributed by atoms with Gasteiger partial charge in [0.1, 0.15) is 5.82 Å². The number of hydrogen-bond acceptors (Lipinski definition) is 6. The summed E-state index contributed by atoms with van der Waals surface area (Å²) in [5.41, 5.74) is 1.40. The van der Waals surface area contributed by atoms with E-state index in [2.05, 4.69) is 47.7 Å². The third kappa shape index (κ3) is 3.01. The Morgan fingerprint density at radius 2 is 2.35 bits per heavy atom. The van der Waals surface area contributed by atoms with Gasteiger partial charge in [0.05, 0.1) is 33.4 Å². The van der Waals surface area contributed by atoms with E-state index in [1.165, 1.54) is 0 Å². The molecule has 7 nitrogen and oxygen atoms in total. The van der Waals surface area contributed by atoms with Gasteiger partial charge in [-0.2, -0.15) is 15.3 Å². The summed E-state index contributed by atoms with van der Waals surface area (Å²) in [6, 6.07) is 2.49. The fraction of sp³-hybridized carbons (Fsp3) is 0.467. The van der Waals surface area contributed by atoms with Gasteiger partial charge in [-0.1, -0.05) is 0 Å². The van der Waals surface area contributed by atoms with Crippen LogP contribution in [0.4, 0.5) is 17.5 Å². The van der Waals surface area contributed by atoms with Gasteiger partial charge in [0.2, 0.25) is 5.95 Å². The molecule has 0 bridgehead atoms. The van der Waals surface area contributed by atoms with Crippen molar-refractivity contribution in [1.82, 2.24) is 19.7 Å². The minimum absolute atomic E-state index is 0.143. The molecule has 0 spiro atoms. The second-order valence-corrected chi connectivity index (χ2v) is 6.76. The molecule has 2 aromatic rings. The largest absolute Gasteiger partial charge is 0.369 e. The number of nitriles is 1. The smallest absolute Gasteiger partial charge is 0.229 e. The van der Waals surface area contributed by atoms with Crippen LogP contribution >= 0.6 is 15.9 Å². The summed E-state index contributed by atoms with van der Waals surface area (Å²) in [6.45, 7) is 6.68. The molecule has 2 aromatic heterocycles. The van der Waals surface area contributed by atoms with E-state index < -0.39 is 0 Å². The van der Waals surface area contributed by atoms with Crippen LogP contribution < -0.4 is 10.6 Å². The molecular formula is C15H18BrN7. The van der Waals surface area contributed by atoms with Gasteiger partial charge in [-0.15, -0.1) is 0 Å². The van der Waals surface area contributed by atoms with Crippen molar-refractivity contribution < 1.29 is 0 Å². The lowest BCUT2D eigenvalue weighted by Crippen LogP contribution is -2.04. The molecule has 2 atom stereocenters. The maximum absolute atomic E-state index is 9.18. The van der Waals surface area contributed by atoms with Gasteiger partial charge in [-0.05, 0) is 43.1 Å². The number of nitrogens with one attached hydrogen (secondary N) is 2. The Labute approximate surface area is 143 Å². The molecule has 0 aromatic carbocycles. The quantitative estimate of drug-likeness (QED) is 0.831.